The molecule has 0 aliphatic carbocycles. The summed E-state index contributed by atoms with van der Waals surface area (Å²) in [7, 11) is 6.15. The molecule has 1 atom stereocenters. The number of Topliss-reactive ketones (excluding diaryl/α,β-unsaturated/α-hetero) is 1. The first-order valence-electron chi connectivity index (χ1n) is 10.1. The Bertz CT molecular complexity index is 1010. The van der Waals surface area contributed by atoms with Crippen LogP contribution in [0.4, 0.5) is 0 Å². The van der Waals surface area contributed by atoms with Crippen LogP contribution in [0.2, 0.25) is 0 Å². The lowest BCUT2D eigenvalue weighted by atomic mass is 9.95. The summed E-state index contributed by atoms with van der Waals surface area (Å²) in [6, 6.07) is 11.0. The molecule has 1 aliphatic rings. The molecule has 0 aromatic heterocycles. The molecule has 3 rings (SSSR count). The van der Waals surface area contributed by atoms with Gasteiger partial charge in [-0.25, -0.2) is 0 Å². The van der Waals surface area contributed by atoms with Crippen LogP contribution in [0.3, 0.4) is 0 Å². The van der Waals surface area contributed by atoms with Crippen molar-refractivity contribution in [2.24, 2.45) is 0 Å². The molecular weight excluding hydrogens is 414 g/mol. The zero-order valence-electron chi connectivity index (χ0n) is 18.6. The van der Waals surface area contributed by atoms with E-state index in [-0.39, 0.29) is 17.9 Å². The molecule has 1 N–H and O–H groups in total. The minimum Gasteiger partial charge on any atom is -0.507 e. The number of ether oxygens (including phenoxy) is 4. The maximum absolute atomic E-state index is 13.0. The van der Waals surface area contributed by atoms with Crippen LogP contribution < -0.4 is 14.2 Å². The summed E-state index contributed by atoms with van der Waals surface area (Å²) in [5.74, 6) is -0.0795. The van der Waals surface area contributed by atoms with Crippen molar-refractivity contribution in [1.82, 2.24) is 4.90 Å². The van der Waals surface area contributed by atoms with Gasteiger partial charge in [-0.05, 0) is 48.4 Å². The maximum atomic E-state index is 13.0. The van der Waals surface area contributed by atoms with Crippen molar-refractivity contribution in [3.63, 3.8) is 0 Å². The monoisotopic (exact) mass is 441 g/mol. The molecule has 8 heteroatoms. The predicted molar refractivity (Wildman–Crippen MR) is 118 cm³/mol. The SMILES string of the molecule is COCCCN1C(=O)C(=O)/C(=C(/O)c2ccc(OC)cc2)[C@@H]1c1ccc(OC)c(OC)c1. The maximum Gasteiger partial charge on any atom is 0.295 e. The van der Waals surface area contributed by atoms with Gasteiger partial charge in [-0.15, -0.1) is 0 Å². The third kappa shape index (κ3) is 4.40. The predicted octanol–water partition coefficient (Wildman–Crippen LogP) is 3.17. The van der Waals surface area contributed by atoms with Gasteiger partial charge < -0.3 is 29.0 Å². The zero-order valence-corrected chi connectivity index (χ0v) is 18.6. The fourth-order valence-electron chi connectivity index (χ4n) is 3.76. The number of likely N-dealkylation sites (tertiary alicyclic amines) is 1. The van der Waals surface area contributed by atoms with E-state index < -0.39 is 17.7 Å². The Morgan fingerprint density at radius 3 is 2.22 bits per heavy atom. The highest BCUT2D eigenvalue weighted by atomic mass is 16.5. The summed E-state index contributed by atoms with van der Waals surface area (Å²) in [5.41, 5.74) is 1.05. The van der Waals surface area contributed by atoms with Crippen LogP contribution in [0, 0.1) is 0 Å². The first-order chi connectivity index (χ1) is 15.5. The third-order valence-electron chi connectivity index (χ3n) is 5.37. The van der Waals surface area contributed by atoms with Crippen LogP contribution in [-0.4, -0.2) is 63.3 Å². The molecule has 2 aromatic rings. The Kier molecular flexibility index (Phi) is 7.37. The largest absolute Gasteiger partial charge is 0.507 e. The van der Waals surface area contributed by atoms with Crippen LogP contribution in [0.5, 0.6) is 17.2 Å². The minimum absolute atomic E-state index is 0.0183. The summed E-state index contributed by atoms with van der Waals surface area (Å²) < 4.78 is 21.0. The Morgan fingerprint density at radius 1 is 0.938 bits per heavy atom. The molecule has 2 aromatic carbocycles. The lowest BCUT2D eigenvalue weighted by Crippen LogP contribution is -2.31. The second-order valence-corrected chi connectivity index (χ2v) is 7.18. The number of carbonyl (C=O) groups is 2. The highest BCUT2D eigenvalue weighted by Crippen LogP contribution is 2.42. The highest BCUT2D eigenvalue weighted by molar-refractivity contribution is 6.46. The van der Waals surface area contributed by atoms with Crippen LogP contribution >= 0.6 is 0 Å². The van der Waals surface area contributed by atoms with Gasteiger partial charge in [-0.2, -0.15) is 0 Å². The molecular formula is C24H27NO7. The first kappa shape index (κ1) is 23.1. The van der Waals surface area contributed by atoms with Gasteiger partial charge in [0, 0.05) is 25.8 Å². The molecule has 0 spiro atoms. The van der Waals surface area contributed by atoms with Crippen molar-refractivity contribution in [2.75, 3.05) is 41.6 Å². The molecule has 0 radical (unpaired) electrons. The van der Waals surface area contributed by atoms with Gasteiger partial charge in [0.1, 0.15) is 11.5 Å². The standard InChI is InChI=1S/C24H27NO7/c1-29-13-5-12-25-21(16-8-11-18(31-3)19(14-16)32-4)20(23(27)24(25)28)22(26)15-6-9-17(30-2)10-7-15/h6-11,14,21,26H,5,12-13H2,1-4H3/b22-20+/t21-/m0/s1. The smallest absolute Gasteiger partial charge is 0.295 e. The van der Waals surface area contributed by atoms with Crippen molar-refractivity contribution >= 4 is 17.4 Å². The summed E-state index contributed by atoms with van der Waals surface area (Å²) >= 11 is 0. The molecule has 8 nitrogen and oxygen atoms in total. The van der Waals surface area contributed by atoms with Crippen molar-refractivity contribution < 1.29 is 33.6 Å². The molecule has 1 aliphatic heterocycles. The fourth-order valence-corrected chi connectivity index (χ4v) is 3.76. The lowest BCUT2D eigenvalue weighted by Gasteiger charge is -2.26. The highest BCUT2D eigenvalue weighted by Gasteiger charge is 2.46. The number of aliphatic hydroxyl groups is 1. The van der Waals surface area contributed by atoms with E-state index in [1.54, 1.807) is 49.6 Å². The van der Waals surface area contributed by atoms with E-state index in [2.05, 4.69) is 0 Å². The van der Waals surface area contributed by atoms with Crippen molar-refractivity contribution in [3.05, 3.63) is 59.2 Å². The molecule has 32 heavy (non-hydrogen) atoms. The zero-order chi connectivity index (χ0) is 23.3. The van der Waals surface area contributed by atoms with E-state index in [1.165, 1.54) is 26.2 Å². The second-order valence-electron chi connectivity index (χ2n) is 7.18. The number of amides is 1. The Hall–Kier alpha value is -3.52. The topological polar surface area (TPSA) is 94.5 Å². The number of hydrogen-bond acceptors (Lipinski definition) is 7. The van der Waals surface area contributed by atoms with Crippen molar-refractivity contribution in [3.8, 4) is 17.2 Å². The van der Waals surface area contributed by atoms with E-state index in [9.17, 15) is 14.7 Å². The van der Waals surface area contributed by atoms with Crippen LogP contribution in [0.15, 0.2) is 48.0 Å². The average molecular weight is 441 g/mol. The van der Waals surface area contributed by atoms with Crippen molar-refractivity contribution in [2.45, 2.75) is 12.5 Å². The lowest BCUT2D eigenvalue weighted by molar-refractivity contribution is -0.140. The number of aliphatic hydroxyl groups excluding tert-OH is 1. The number of methoxy groups -OCH3 is 4. The van der Waals surface area contributed by atoms with Gasteiger partial charge in [0.2, 0.25) is 0 Å². The summed E-state index contributed by atoms with van der Waals surface area (Å²) in [6.45, 7) is 0.719. The van der Waals surface area contributed by atoms with Crippen LogP contribution in [-0.2, 0) is 14.3 Å². The molecule has 0 saturated carbocycles. The Morgan fingerprint density at radius 2 is 1.62 bits per heavy atom. The fraction of sp³-hybridized carbons (Fsp3) is 0.333. The summed E-state index contributed by atoms with van der Waals surface area (Å²) in [5, 5.41) is 11.1. The number of rotatable bonds is 9. The molecule has 170 valence electrons. The minimum atomic E-state index is -0.784. The molecule has 0 bridgehead atoms. The van der Waals surface area contributed by atoms with Gasteiger partial charge in [0.25, 0.3) is 11.7 Å². The average Bonchev–Trinajstić information content (AvgIpc) is 3.08. The van der Waals surface area contributed by atoms with Crippen LogP contribution in [0.1, 0.15) is 23.6 Å². The first-order valence-corrected chi connectivity index (χ1v) is 10.1. The molecule has 1 fully saturated rings. The van der Waals surface area contributed by atoms with Crippen molar-refractivity contribution in [1.29, 1.82) is 0 Å². The number of benzene rings is 2. The van der Waals surface area contributed by atoms with E-state index in [0.29, 0.717) is 41.4 Å². The number of carbonyl (C=O) groups excluding carboxylic acids is 2. The van der Waals surface area contributed by atoms with Gasteiger partial charge in [-0.1, -0.05) is 6.07 Å². The third-order valence-corrected chi connectivity index (χ3v) is 5.37. The second kappa shape index (κ2) is 10.2. The number of ketones is 1. The normalized spacial score (nSPS) is 17.5. The molecule has 0 unspecified atom stereocenters. The molecule has 1 amide bonds. The van der Waals surface area contributed by atoms with Gasteiger partial charge in [-0.3, -0.25) is 9.59 Å². The van der Waals surface area contributed by atoms with E-state index in [1.807, 2.05) is 0 Å². The van der Waals surface area contributed by atoms with Gasteiger partial charge in [0.05, 0.1) is 32.9 Å². The Balaban J connectivity index is 2.14. The summed E-state index contributed by atoms with van der Waals surface area (Å²) in [6.07, 6.45) is 0.538. The number of hydrogen-bond donors (Lipinski definition) is 1. The molecule has 1 saturated heterocycles. The van der Waals surface area contributed by atoms with E-state index in [0.717, 1.165) is 0 Å². The van der Waals surface area contributed by atoms with E-state index >= 15 is 0 Å². The van der Waals surface area contributed by atoms with Gasteiger partial charge in [0.15, 0.2) is 11.5 Å². The number of nitrogens with zero attached hydrogens (tertiary/aromatic N) is 1. The quantitative estimate of drug-likeness (QED) is 0.276. The Labute approximate surface area is 187 Å². The van der Waals surface area contributed by atoms with Crippen LogP contribution in [0.25, 0.3) is 5.76 Å². The summed E-state index contributed by atoms with van der Waals surface area (Å²) in [4.78, 5) is 27.4. The van der Waals surface area contributed by atoms with Gasteiger partial charge >= 0.3 is 0 Å². The van der Waals surface area contributed by atoms with E-state index in [4.69, 9.17) is 18.9 Å². The molecule has 1 heterocycles.